The molecular weight excluding hydrogens is 256 g/mol. The van der Waals surface area contributed by atoms with Gasteiger partial charge in [-0.1, -0.05) is 65.4 Å². The van der Waals surface area contributed by atoms with Crippen LogP contribution in [0.5, 0.6) is 5.75 Å². The maximum Gasteiger partial charge on any atom is 0.119 e. The van der Waals surface area contributed by atoms with Crippen LogP contribution < -0.4 is 0 Å². The van der Waals surface area contributed by atoms with Crippen molar-refractivity contribution in [3.8, 4) is 5.75 Å². The van der Waals surface area contributed by atoms with Crippen molar-refractivity contribution in [3.05, 3.63) is 28.8 Å². The quantitative estimate of drug-likeness (QED) is 0.481. The smallest absolute Gasteiger partial charge is 0.119 e. The molecule has 120 valence electrons. The Balaban J connectivity index is 2.86. The summed E-state index contributed by atoms with van der Waals surface area (Å²) in [5.74, 6) is 0.526. The molecule has 21 heavy (non-hydrogen) atoms. The fourth-order valence-electron chi connectivity index (χ4n) is 3.10. The molecule has 1 nitrogen and oxygen atoms in total. The van der Waals surface area contributed by atoms with Gasteiger partial charge in [-0.05, 0) is 54.9 Å². The SMILES string of the molecule is CCCCCCc1c(O)ccc(CCC)c1CCCCC. The third-order valence-corrected chi connectivity index (χ3v) is 4.33. The van der Waals surface area contributed by atoms with Crippen LogP contribution in [-0.4, -0.2) is 5.11 Å². The van der Waals surface area contributed by atoms with Crippen LogP contribution in [0.4, 0.5) is 0 Å². The molecule has 0 unspecified atom stereocenters. The lowest BCUT2D eigenvalue weighted by atomic mass is 9.90. The van der Waals surface area contributed by atoms with Gasteiger partial charge in [0.2, 0.25) is 0 Å². The highest BCUT2D eigenvalue weighted by Gasteiger charge is 2.12. The van der Waals surface area contributed by atoms with E-state index in [4.69, 9.17) is 0 Å². The summed E-state index contributed by atoms with van der Waals surface area (Å²) in [6, 6.07) is 4.07. The Bertz CT molecular complexity index is 395. The number of phenolic OH excluding ortho intramolecular Hbond substituents is 1. The molecular formula is C20H34O. The normalized spacial score (nSPS) is 11.0. The topological polar surface area (TPSA) is 20.2 Å². The van der Waals surface area contributed by atoms with Crippen LogP contribution in [0.15, 0.2) is 12.1 Å². The highest BCUT2D eigenvalue weighted by atomic mass is 16.3. The lowest BCUT2D eigenvalue weighted by molar-refractivity contribution is 0.464. The minimum absolute atomic E-state index is 0.526. The summed E-state index contributed by atoms with van der Waals surface area (Å²) in [5.41, 5.74) is 4.17. The predicted molar refractivity (Wildman–Crippen MR) is 93.2 cm³/mol. The molecule has 0 fully saturated rings. The second kappa shape index (κ2) is 10.7. The Morgan fingerprint density at radius 1 is 0.667 bits per heavy atom. The Kier molecular flexibility index (Phi) is 9.21. The van der Waals surface area contributed by atoms with Gasteiger partial charge in [-0.15, -0.1) is 0 Å². The van der Waals surface area contributed by atoms with Gasteiger partial charge in [0.25, 0.3) is 0 Å². The molecule has 0 aliphatic heterocycles. The molecule has 0 radical (unpaired) electrons. The fraction of sp³-hybridized carbons (Fsp3) is 0.700. The van der Waals surface area contributed by atoms with E-state index in [1.165, 1.54) is 68.1 Å². The van der Waals surface area contributed by atoms with Gasteiger partial charge >= 0.3 is 0 Å². The Morgan fingerprint density at radius 3 is 1.95 bits per heavy atom. The number of phenols is 1. The van der Waals surface area contributed by atoms with Crippen molar-refractivity contribution in [3.63, 3.8) is 0 Å². The van der Waals surface area contributed by atoms with E-state index < -0.39 is 0 Å². The van der Waals surface area contributed by atoms with Crippen molar-refractivity contribution in [2.75, 3.05) is 0 Å². The van der Waals surface area contributed by atoms with Gasteiger partial charge in [-0.2, -0.15) is 0 Å². The molecule has 1 rings (SSSR count). The summed E-state index contributed by atoms with van der Waals surface area (Å²) in [4.78, 5) is 0. The zero-order valence-corrected chi connectivity index (χ0v) is 14.4. The van der Waals surface area contributed by atoms with Crippen molar-refractivity contribution in [1.29, 1.82) is 0 Å². The molecule has 0 saturated heterocycles. The van der Waals surface area contributed by atoms with E-state index in [0.717, 1.165) is 19.3 Å². The Hall–Kier alpha value is -0.980. The maximum atomic E-state index is 10.3. The van der Waals surface area contributed by atoms with Crippen LogP contribution in [-0.2, 0) is 19.3 Å². The van der Waals surface area contributed by atoms with Gasteiger partial charge in [0.05, 0.1) is 0 Å². The first-order chi connectivity index (χ1) is 10.2. The number of benzene rings is 1. The van der Waals surface area contributed by atoms with E-state index in [2.05, 4.69) is 26.8 Å². The molecule has 1 aromatic carbocycles. The summed E-state index contributed by atoms with van der Waals surface area (Å²) < 4.78 is 0. The Labute approximate surface area is 131 Å². The molecule has 0 aliphatic rings. The number of aryl methyl sites for hydroxylation is 1. The molecule has 1 heteroatoms. The van der Waals surface area contributed by atoms with Crippen LogP contribution in [0, 0.1) is 0 Å². The van der Waals surface area contributed by atoms with E-state index in [1.807, 2.05) is 6.07 Å². The molecule has 0 aromatic heterocycles. The largest absolute Gasteiger partial charge is 0.508 e. The van der Waals surface area contributed by atoms with Crippen LogP contribution in [0.2, 0.25) is 0 Å². The first-order valence-electron chi connectivity index (χ1n) is 9.07. The highest BCUT2D eigenvalue weighted by molar-refractivity contribution is 5.45. The third-order valence-electron chi connectivity index (χ3n) is 4.33. The van der Waals surface area contributed by atoms with Gasteiger partial charge in [0.1, 0.15) is 5.75 Å². The maximum absolute atomic E-state index is 10.3. The van der Waals surface area contributed by atoms with Crippen molar-refractivity contribution in [1.82, 2.24) is 0 Å². The van der Waals surface area contributed by atoms with Crippen molar-refractivity contribution in [2.45, 2.75) is 91.4 Å². The molecule has 0 heterocycles. The van der Waals surface area contributed by atoms with E-state index in [9.17, 15) is 5.11 Å². The first-order valence-corrected chi connectivity index (χ1v) is 9.07. The standard InChI is InChI=1S/C20H34O/c1-4-7-9-11-14-19-18(13-10-8-5-2)17(12-6-3)15-16-20(19)21/h15-16,21H,4-14H2,1-3H3. The van der Waals surface area contributed by atoms with Crippen LogP contribution in [0.25, 0.3) is 0 Å². The third kappa shape index (κ3) is 6.11. The molecule has 1 N–H and O–H groups in total. The monoisotopic (exact) mass is 290 g/mol. The molecule has 0 amide bonds. The van der Waals surface area contributed by atoms with E-state index in [0.29, 0.717) is 5.75 Å². The summed E-state index contributed by atoms with van der Waals surface area (Å²) in [7, 11) is 0. The molecule has 1 aromatic rings. The number of unbranched alkanes of at least 4 members (excludes halogenated alkanes) is 5. The number of aromatic hydroxyl groups is 1. The summed E-state index contributed by atoms with van der Waals surface area (Å²) in [5, 5.41) is 10.3. The lowest BCUT2D eigenvalue weighted by Gasteiger charge is -2.16. The van der Waals surface area contributed by atoms with Crippen molar-refractivity contribution < 1.29 is 5.11 Å². The second-order valence-corrected chi connectivity index (χ2v) is 6.22. The van der Waals surface area contributed by atoms with E-state index in [-0.39, 0.29) is 0 Å². The molecule has 0 atom stereocenters. The van der Waals surface area contributed by atoms with Crippen LogP contribution in [0.3, 0.4) is 0 Å². The number of hydrogen-bond donors (Lipinski definition) is 1. The fourth-order valence-corrected chi connectivity index (χ4v) is 3.10. The zero-order chi connectivity index (χ0) is 15.5. The van der Waals surface area contributed by atoms with Gasteiger partial charge < -0.3 is 5.11 Å². The molecule has 0 aliphatic carbocycles. The number of hydrogen-bond acceptors (Lipinski definition) is 1. The minimum atomic E-state index is 0.526. The highest BCUT2D eigenvalue weighted by Crippen LogP contribution is 2.29. The predicted octanol–water partition coefficient (Wildman–Crippen LogP) is 6.20. The Morgan fingerprint density at radius 2 is 1.29 bits per heavy atom. The average molecular weight is 290 g/mol. The van der Waals surface area contributed by atoms with Crippen molar-refractivity contribution in [2.24, 2.45) is 0 Å². The summed E-state index contributed by atoms with van der Waals surface area (Å²) in [6.07, 6.45) is 13.4. The lowest BCUT2D eigenvalue weighted by Crippen LogP contribution is -2.02. The summed E-state index contributed by atoms with van der Waals surface area (Å²) >= 11 is 0. The molecule has 0 bridgehead atoms. The van der Waals surface area contributed by atoms with Crippen LogP contribution >= 0.6 is 0 Å². The zero-order valence-electron chi connectivity index (χ0n) is 14.4. The summed E-state index contributed by atoms with van der Waals surface area (Å²) in [6.45, 7) is 6.74. The number of rotatable bonds is 11. The van der Waals surface area contributed by atoms with Gasteiger partial charge in [-0.3, -0.25) is 0 Å². The molecule has 0 saturated carbocycles. The minimum Gasteiger partial charge on any atom is -0.508 e. The van der Waals surface area contributed by atoms with Crippen molar-refractivity contribution >= 4 is 0 Å². The average Bonchev–Trinajstić information content (AvgIpc) is 2.48. The van der Waals surface area contributed by atoms with Gasteiger partial charge in [0.15, 0.2) is 0 Å². The van der Waals surface area contributed by atoms with Crippen LogP contribution in [0.1, 0.15) is 88.8 Å². The second-order valence-electron chi connectivity index (χ2n) is 6.22. The van der Waals surface area contributed by atoms with Gasteiger partial charge in [-0.25, -0.2) is 0 Å². The molecule has 0 spiro atoms. The van der Waals surface area contributed by atoms with E-state index in [1.54, 1.807) is 0 Å². The first kappa shape index (κ1) is 18.1. The van der Waals surface area contributed by atoms with E-state index >= 15 is 0 Å². The van der Waals surface area contributed by atoms with Gasteiger partial charge in [0, 0.05) is 0 Å².